The molecule has 1 aromatic carbocycles. The van der Waals surface area contributed by atoms with Gasteiger partial charge in [0.2, 0.25) is 5.76 Å². The average molecular weight is 308 g/mol. The number of rotatable bonds is 3. The standard InChI is InChI=1S/C17H16N4O2/c22-17(21-7-6-15-13(11-21)10-18-19-15)16-9-14(20-23-16)8-12-4-2-1-3-5-12/h1-5,9-10H,6-8,11H2,(H,18,19). The highest BCUT2D eigenvalue weighted by Gasteiger charge is 2.25. The molecule has 1 aliphatic heterocycles. The van der Waals surface area contributed by atoms with Gasteiger partial charge in [-0.05, 0) is 5.56 Å². The zero-order valence-corrected chi connectivity index (χ0v) is 12.5. The van der Waals surface area contributed by atoms with E-state index in [-0.39, 0.29) is 5.91 Å². The highest BCUT2D eigenvalue weighted by atomic mass is 16.5. The lowest BCUT2D eigenvalue weighted by Gasteiger charge is -2.25. The number of carbonyl (C=O) groups is 1. The van der Waals surface area contributed by atoms with Crippen LogP contribution in [0.25, 0.3) is 0 Å². The van der Waals surface area contributed by atoms with Gasteiger partial charge in [-0.15, -0.1) is 0 Å². The van der Waals surface area contributed by atoms with Crippen molar-refractivity contribution in [3.63, 3.8) is 0 Å². The van der Waals surface area contributed by atoms with E-state index < -0.39 is 0 Å². The van der Waals surface area contributed by atoms with E-state index >= 15 is 0 Å². The second-order valence-electron chi connectivity index (χ2n) is 5.70. The number of carbonyl (C=O) groups excluding carboxylic acids is 1. The Bertz CT molecular complexity index is 822. The van der Waals surface area contributed by atoms with Gasteiger partial charge in [-0.3, -0.25) is 9.89 Å². The zero-order valence-electron chi connectivity index (χ0n) is 12.5. The van der Waals surface area contributed by atoms with Crippen molar-refractivity contribution in [1.82, 2.24) is 20.3 Å². The lowest BCUT2D eigenvalue weighted by molar-refractivity contribution is 0.0692. The van der Waals surface area contributed by atoms with Crippen molar-refractivity contribution in [2.75, 3.05) is 6.54 Å². The summed E-state index contributed by atoms with van der Waals surface area (Å²) in [6.45, 7) is 1.21. The summed E-state index contributed by atoms with van der Waals surface area (Å²) >= 11 is 0. The normalized spacial score (nSPS) is 13.8. The molecule has 0 aliphatic carbocycles. The van der Waals surface area contributed by atoms with Crippen molar-refractivity contribution in [3.8, 4) is 0 Å². The Morgan fingerprint density at radius 2 is 2.17 bits per heavy atom. The summed E-state index contributed by atoms with van der Waals surface area (Å²) in [7, 11) is 0. The first-order valence-electron chi connectivity index (χ1n) is 7.59. The average Bonchev–Trinajstić information content (AvgIpc) is 3.23. The van der Waals surface area contributed by atoms with E-state index in [4.69, 9.17) is 4.52 Å². The molecule has 0 radical (unpaired) electrons. The van der Waals surface area contributed by atoms with Crippen LogP contribution in [0.3, 0.4) is 0 Å². The molecule has 0 atom stereocenters. The number of hydrogen-bond donors (Lipinski definition) is 1. The van der Waals surface area contributed by atoms with Crippen LogP contribution in [0.1, 0.15) is 33.1 Å². The van der Waals surface area contributed by atoms with E-state index in [1.165, 1.54) is 0 Å². The first kappa shape index (κ1) is 13.8. The maximum Gasteiger partial charge on any atom is 0.292 e. The Morgan fingerprint density at radius 3 is 3.04 bits per heavy atom. The molecule has 1 amide bonds. The lowest BCUT2D eigenvalue weighted by Crippen LogP contribution is -2.35. The fourth-order valence-corrected chi connectivity index (χ4v) is 2.85. The fourth-order valence-electron chi connectivity index (χ4n) is 2.85. The van der Waals surface area contributed by atoms with Gasteiger partial charge in [0.15, 0.2) is 0 Å². The van der Waals surface area contributed by atoms with Gasteiger partial charge in [0, 0.05) is 43.3 Å². The minimum atomic E-state index is -0.122. The number of H-pyrrole nitrogens is 1. The number of nitrogens with zero attached hydrogens (tertiary/aromatic N) is 3. The highest BCUT2D eigenvalue weighted by Crippen LogP contribution is 2.19. The Kier molecular flexibility index (Phi) is 3.42. The molecule has 0 bridgehead atoms. The molecule has 0 saturated heterocycles. The Balaban J connectivity index is 1.47. The molecule has 1 N–H and O–H groups in total. The molecule has 3 aromatic rings. The Morgan fingerprint density at radius 1 is 1.30 bits per heavy atom. The van der Waals surface area contributed by atoms with E-state index in [0.29, 0.717) is 25.3 Å². The summed E-state index contributed by atoms with van der Waals surface area (Å²) in [5.41, 5.74) is 4.08. The molecule has 0 fully saturated rings. The third-order valence-corrected chi connectivity index (χ3v) is 4.09. The monoisotopic (exact) mass is 308 g/mol. The van der Waals surface area contributed by atoms with Crippen molar-refractivity contribution in [2.24, 2.45) is 0 Å². The quantitative estimate of drug-likeness (QED) is 0.805. The van der Waals surface area contributed by atoms with Gasteiger partial charge in [-0.25, -0.2) is 0 Å². The maximum absolute atomic E-state index is 12.6. The van der Waals surface area contributed by atoms with Crippen molar-refractivity contribution in [3.05, 3.63) is 70.9 Å². The van der Waals surface area contributed by atoms with Crippen LogP contribution < -0.4 is 0 Å². The van der Waals surface area contributed by atoms with E-state index in [2.05, 4.69) is 15.4 Å². The lowest BCUT2D eigenvalue weighted by atomic mass is 10.1. The third kappa shape index (κ3) is 2.75. The number of hydrogen-bond acceptors (Lipinski definition) is 4. The Hall–Kier alpha value is -2.89. The number of fused-ring (bicyclic) bond motifs is 1. The second-order valence-corrected chi connectivity index (χ2v) is 5.70. The Labute approximate surface area is 133 Å². The smallest absolute Gasteiger partial charge is 0.292 e. The first-order valence-corrected chi connectivity index (χ1v) is 7.59. The van der Waals surface area contributed by atoms with Gasteiger partial charge < -0.3 is 9.42 Å². The molecule has 1 aliphatic rings. The second kappa shape index (κ2) is 5.72. The van der Waals surface area contributed by atoms with Gasteiger partial charge in [-0.1, -0.05) is 35.5 Å². The topological polar surface area (TPSA) is 75.0 Å². The van der Waals surface area contributed by atoms with Crippen LogP contribution in [0.2, 0.25) is 0 Å². The molecule has 0 unspecified atom stereocenters. The predicted molar refractivity (Wildman–Crippen MR) is 82.8 cm³/mol. The van der Waals surface area contributed by atoms with Crippen molar-refractivity contribution in [1.29, 1.82) is 0 Å². The van der Waals surface area contributed by atoms with Gasteiger partial charge in [0.05, 0.1) is 11.9 Å². The van der Waals surface area contributed by atoms with E-state index in [0.717, 1.165) is 28.9 Å². The van der Waals surface area contributed by atoms with Crippen LogP contribution in [-0.4, -0.2) is 32.7 Å². The van der Waals surface area contributed by atoms with Crippen molar-refractivity contribution >= 4 is 5.91 Å². The van der Waals surface area contributed by atoms with Crippen LogP contribution in [0.15, 0.2) is 47.1 Å². The molecule has 4 rings (SSSR count). The van der Waals surface area contributed by atoms with Crippen LogP contribution in [0.4, 0.5) is 0 Å². The predicted octanol–water partition coefficient (Wildman–Crippen LogP) is 2.19. The molecule has 23 heavy (non-hydrogen) atoms. The summed E-state index contributed by atoms with van der Waals surface area (Å²) in [5, 5.41) is 11.0. The molecule has 116 valence electrons. The van der Waals surface area contributed by atoms with Crippen molar-refractivity contribution in [2.45, 2.75) is 19.4 Å². The summed E-state index contributed by atoms with van der Waals surface area (Å²) < 4.78 is 5.26. The van der Waals surface area contributed by atoms with Crippen molar-refractivity contribution < 1.29 is 9.32 Å². The summed E-state index contributed by atoms with van der Waals surface area (Å²) in [6, 6.07) is 11.7. The minimum absolute atomic E-state index is 0.122. The molecular formula is C17H16N4O2. The van der Waals surface area contributed by atoms with E-state index in [1.807, 2.05) is 30.3 Å². The van der Waals surface area contributed by atoms with E-state index in [1.54, 1.807) is 17.2 Å². The van der Waals surface area contributed by atoms with Gasteiger partial charge >= 0.3 is 0 Å². The third-order valence-electron chi connectivity index (χ3n) is 4.09. The summed E-state index contributed by atoms with van der Waals surface area (Å²) in [4.78, 5) is 14.3. The van der Waals surface area contributed by atoms with Gasteiger partial charge in [-0.2, -0.15) is 5.10 Å². The fraction of sp³-hybridized carbons (Fsp3) is 0.235. The number of amides is 1. The van der Waals surface area contributed by atoms with E-state index in [9.17, 15) is 4.79 Å². The number of aromatic amines is 1. The van der Waals surface area contributed by atoms with Crippen LogP contribution in [0.5, 0.6) is 0 Å². The van der Waals surface area contributed by atoms with Gasteiger partial charge in [0.1, 0.15) is 0 Å². The molecule has 6 heteroatoms. The van der Waals surface area contributed by atoms with Gasteiger partial charge in [0.25, 0.3) is 5.91 Å². The van der Waals surface area contributed by atoms with Crippen LogP contribution >= 0.6 is 0 Å². The maximum atomic E-state index is 12.6. The summed E-state index contributed by atoms with van der Waals surface area (Å²) in [6.07, 6.45) is 3.21. The SMILES string of the molecule is O=C(c1cc(Cc2ccccc2)no1)N1CCc2[nH]ncc2C1. The molecular weight excluding hydrogens is 292 g/mol. The van der Waals surface area contributed by atoms with Crippen LogP contribution in [-0.2, 0) is 19.4 Å². The minimum Gasteiger partial charge on any atom is -0.351 e. The summed E-state index contributed by atoms with van der Waals surface area (Å²) in [5.74, 6) is 0.173. The largest absolute Gasteiger partial charge is 0.351 e. The highest BCUT2D eigenvalue weighted by molar-refractivity contribution is 5.91. The number of aromatic nitrogens is 3. The number of nitrogens with one attached hydrogen (secondary N) is 1. The number of benzene rings is 1. The zero-order chi connectivity index (χ0) is 15.6. The molecule has 6 nitrogen and oxygen atoms in total. The van der Waals surface area contributed by atoms with Crippen LogP contribution in [0, 0.1) is 0 Å². The first-order chi connectivity index (χ1) is 11.3. The molecule has 2 aromatic heterocycles. The molecule has 3 heterocycles. The molecule has 0 spiro atoms. The molecule has 0 saturated carbocycles.